The highest BCUT2D eigenvalue weighted by Crippen LogP contribution is 2.45. The maximum Gasteiger partial charge on any atom is 0.323 e. The van der Waals surface area contributed by atoms with E-state index in [4.69, 9.17) is 14.2 Å². The minimum atomic E-state index is -1.23. The van der Waals surface area contributed by atoms with Crippen LogP contribution in [0, 0.1) is 0 Å². The van der Waals surface area contributed by atoms with Crippen LogP contribution in [0.15, 0.2) is 11.8 Å². The van der Waals surface area contributed by atoms with Gasteiger partial charge >= 0.3 is 6.03 Å². The second-order valence-corrected chi connectivity index (χ2v) is 6.33. The molecule has 0 bridgehead atoms. The van der Waals surface area contributed by atoms with Crippen LogP contribution < -0.4 is 5.32 Å². The van der Waals surface area contributed by atoms with E-state index in [2.05, 4.69) is 5.32 Å². The van der Waals surface area contributed by atoms with Crippen molar-refractivity contribution in [3.8, 4) is 0 Å². The number of ether oxygens (including phenoxy) is 3. The zero-order valence-corrected chi connectivity index (χ0v) is 14.0. The van der Waals surface area contributed by atoms with Gasteiger partial charge in [-0.1, -0.05) is 0 Å². The Morgan fingerprint density at radius 2 is 1.96 bits per heavy atom. The van der Waals surface area contributed by atoms with Crippen LogP contribution in [0.1, 0.15) is 27.7 Å². The minimum absolute atomic E-state index is 0.270. The van der Waals surface area contributed by atoms with E-state index in [-0.39, 0.29) is 6.61 Å². The van der Waals surface area contributed by atoms with E-state index < -0.39 is 35.9 Å². The first-order valence-electron chi connectivity index (χ1n) is 7.47. The van der Waals surface area contributed by atoms with Gasteiger partial charge < -0.3 is 24.6 Å². The predicted molar refractivity (Wildman–Crippen MR) is 80.3 cm³/mol. The van der Waals surface area contributed by atoms with Crippen LogP contribution in [0.25, 0.3) is 0 Å². The molecule has 2 aliphatic rings. The smallest absolute Gasteiger partial charge is 0.323 e. The molecule has 2 saturated heterocycles. The van der Waals surface area contributed by atoms with Crippen molar-refractivity contribution < 1.29 is 28.9 Å². The first kappa shape index (κ1) is 17.9. The number of aldehydes is 1. The Hall–Kier alpha value is -1.48. The molecule has 0 aromatic heterocycles. The van der Waals surface area contributed by atoms with Gasteiger partial charge in [0, 0.05) is 18.8 Å². The van der Waals surface area contributed by atoms with Crippen molar-refractivity contribution in [3.63, 3.8) is 0 Å². The number of urea groups is 1. The summed E-state index contributed by atoms with van der Waals surface area (Å²) in [5.41, 5.74) is -0.878. The molecule has 2 amide bonds. The Morgan fingerprint density at radius 1 is 1.30 bits per heavy atom. The molecule has 2 heterocycles. The molecular formula is C15H24N2O6. The molecule has 0 radical (unpaired) electrons. The topological polar surface area (TPSA) is 97.3 Å². The highest BCUT2D eigenvalue weighted by atomic mass is 16.8. The van der Waals surface area contributed by atoms with Crippen molar-refractivity contribution >= 4 is 12.3 Å². The van der Waals surface area contributed by atoms with Gasteiger partial charge in [0.05, 0.1) is 6.61 Å². The average Bonchev–Trinajstić information content (AvgIpc) is 2.96. The van der Waals surface area contributed by atoms with E-state index in [0.29, 0.717) is 11.9 Å². The summed E-state index contributed by atoms with van der Waals surface area (Å²) in [4.78, 5) is 24.5. The number of carbonyl (C=O) groups is 2. The van der Waals surface area contributed by atoms with E-state index in [1.807, 2.05) is 0 Å². The summed E-state index contributed by atoms with van der Waals surface area (Å²) in [5, 5.41) is 12.1. The molecule has 4 atom stereocenters. The molecule has 8 heteroatoms. The lowest BCUT2D eigenvalue weighted by Gasteiger charge is -2.39. The van der Waals surface area contributed by atoms with Crippen LogP contribution >= 0.6 is 0 Å². The van der Waals surface area contributed by atoms with Crippen LogP contribution in [-0.2, 0) is 19.0 Å². The minimum Gasteiger partial charge on any atom is -0.394 e. The van der Waals surface area contributed by atoms with Crippen molar-refractivity contribution in [2.45, 2.75) is 57.5 Å². The van der Waals surface area contributed by atoms with Gasteiger partial charge in [-0.2, -0.15) is 0 Å². The number of rotatable bonds is 4. The summed E-state index contributed by atoms with van der Waals surface area (Å²) in [5.74, 6) is -0.856. The van der Waals surface area contributed by atoms with Crippen LogP contribution in [0.2, 0.25) is 0 Å². The molecule has 8 nitrogen and oxygen atoms in total. The summed E-state index contributed by atoms with van der Waals surface area (Å²) in [6.45, 7) is 6.51. The zero-order valence-electron chi connectivity index (χ0n) is 14.0. The van der Waals surface area contributed by atoms with Crippen LogP contribution in [0.3, 0.4) is 0 Å². The van der Waals surface area contributed by atoms with Crippen LogP contribution in [-0.4, -0.2) is 65.8 Å². The number of carbonyl (C=O) groups excluding carboxylic acids is 2. The summed E-state index contributed by atoms with van der Waals surface area (Å²) < 4.78 is 17.6. The number of hydrogen-bond donors (Lipinski definition) is 2. The second-order valence-electron chi connectivity index (χ2n) is 6.33. The van der Waals surface area contributed by atoms with E-state index >= 15 is 0 Å². The molecule has 2 N–H and O–H groups in total. The third-order valence-corrected chi connectivity index (χ3v) is 4.02. The molecule has 2 aliphatic heterocycles. The number of nitrogens with zero attached hydrogens (tertiary/aromatic N) is 1. The highest BCUT2D eigenvalue weighted by Gasteiger charge is 2.63. The molecule has 0 aromatic carbocycles. The predicted octanol–water partition coefficient (Wildman–Crippen LogP) is 0.358. The number of amides is 2. The van der Waals surface area contributed by atoms with Crippen molar-refractivity contribution in [2.24, 2.45) is 0 Å². The number of aliphatic hydroxyl groups excluding tert-OH is 1. The molecule has 0 spiro atoms. The Balaban J connectivity index is 2.43. The first-order chi connectivity index (χ1) is 10.7. The van der Waals surface area contributed by atoms with E-state index in [9.17, 15) is 14.7 Å². The molecule has 130 valence electrons. The fourth-order valence-electron chi connectivity index (χ4n) is 2.99. The van der Waals surface area contributed by atoms with Crippen LogP contribution in [0.5, 0.6) is 0 Å². The molecule has 0 aromatic rings. The van der Waals surface area contributed by atoms with E-state index in [1.165, 1.54) is 18.1 Å². The summed E-state index contributed by atoms with van der Waals surface area (Å²) in [6, 6.07) is -0.459. The number of nitrogens with one attached hydrogen (secondary N) is 1. The molecule has 2 fully saturated rings. The van der Waals surface area contributed by atoms with E-state index in [1.54, 1.807) is 27.7 Å². The Morgan fingerprint density at radius 3 is 2.48 bits per heavy atom. The second kappa shape index (κ2) is 6.20. The number of allylic oxidation sites excluding steroid dienone is 1. The molecule has 0 saturated carbocycles. The van der Waals surface area contributed by atoms with Crippen molar-refractivity contribution in [2.75, 3.05) is 13.7 Å². The van der Waals surface area contributed by atoms with Crippen molar-refractivity contribution in [1.82, 2.24) is 10.2 Å². The molecular weight excluding hydrogens is 304 g/mol. The van der Waals surface area contributed by atoms with E-state index in [0.717, 1.165) is 0 Å². The molecule has 2 rings (SSSR count). The zero-order chi connectivity index (χ0) is 17.4. The van der Waals surface area contributed by atoms with Gasteiger partial charge in [-0.25, -0.2) is 4.79 Å². The molecule has 0 unspecified atom stereocenters. The SMILES string of the molecule is CNC(=O)N(/C=C(/C)C=O)[C@]1(C)O[C@H](CO)[C@H]2OC(C)(C)O[C@H]21. The first-order valence-corrected chi connectivity index (χ1v) is 7.47. The Kier molecular flexibility index (Phi) is 4.81. The fraction of sp³-hybridized carbons (Fsp3) is 0.733. The average molecular weight is 328 g/mol. The standard InChI is InChI=1S/C15H24N2O6/c1-9(7-18)6-17(13(20)16-5)15(4)12-11(10(8-19)21-15)22-14(2,3)23-12/h6-7,10-12,19H,8H2,1-5H3,(H,16,20)/b9-6-/t10-,11-,12-,15-/m1/s1. The lowest BCUT2D eigenvalue weighted by Crippen LogP contribution is -2.57. The number of hydrogen-bond acceptors (Lipinski definition) is 6. The van der Waals surface area contributed by atoms with Gasteiger partial charge in [-0.15, -0.1) is 0 Å². The van der Waals surface area contributed by atoms with Crippen LogP contribution in [0.4, 0.5) is 4.79 Å². The quantitative estimate of drug-likeness (QED) is 0.571. The Labute approximate surface area is 135 Å². The van der Waals surface area contributed by atoms with Gasteiger partial charge in [0.15, 0.2) is 11.5 Å². The number of aliphatic hydroxyl groups is 1. The lowest BCUT2D eigenvalue weighted by molar-refractivity contribution is -0.229. The Bertz CT molecular complexity index is 520. The van der Waals surface area contributed by atoms with Gasteiger partial charge in [0.1, 0.15) is 24.6 Å². The number of fused-ring (bicyclic) bond motifs is 1. The van der Waals surface area contributed by atoms with Gasteiger partial charge in [-0.3, -0.25) is 9.69 Å². The maximum absolute atomic E-state index is 12.3. The van der Waals surface area contributed by atoms with Gasteiger partial charge in [0.25, 0.3) is 0 Å². The third-order valence-electron chi connectivity index (χ3n) is 4.02. The monoisotopic (exact) mass is 328 g/mol. The molecule has 0 aliphatic carbocycles. The highest BCUT2D eigenvalue weighted by molar-refractivity contribution is 5.78. The molecule has 23 heavy (non-hydrogen) atoms. The van der Waals surface area contributed by atoms with Crippen molar-refractivity contribution in [3.05, 3.63) is 11.8 Å². The summed E-state index contributed by atoms with van der Waals surface area (Å²) in [6.07, 6.45) is 0.284. The fourth-order valence-corrected chi connectivity index (χ4v) is 2.99. The summed E-state index contributed by atoms with van der Waals surface area (Å²) in [7, 11) is 1.48. The lowest BCUT2D eigenvalue weighted by atomic mass is 10.0. The van der Waals surface area contributed by atoms with Crippen molar-refractivity contribution in [1.29, 1.82) is 0 Å². The van der Waals surface area contributed by atoms with Gasteiger partial charge in [0.2, 0.25) is 0 Å². The summed E-state index contributed by atoms with van der Waals surface area (Å²) >= 11 is 0. The van der Waals surface area contributed by atoms with Gasteiger partial charge in [-0.05, 0) is 27.7 Å². The normalized spacial score (nSPS) is 35.7. The largest absolute Gasteiger partial charge is 0.394 e. The third kappa shape index (κ3) is 3.12. The maximum atomic E-state index is 12.3.